The van der Waals surface area contributed by atoms with E-state index in [0.29, 0.717) is 5.57 Å². The van der Waals surface area contributed by atoms with E-state index in [0.717, 1.165) is 35.9 Å². The van der Waals surface area contributed by atoms with Gasteiger partial charge in [0.15, 0.2) is 0 Å². The summed E-state index contributed by atoms with van der Waals surface area (Å²) in [6, 6.07) is 2.56. The average Bonchev–Trinajstić information content (AvgIpc) is 3.01. The maximum atomic E-state index is 13.3. The van der Waals surface area contributed by atoms with Crippen LogP contribution in [0.3, 0.4) is 0 Å². The van der Waals surface area contributed by atoms with Crippen LogP contribution in [0.1, 0.15) is 31.9 Å². The van der Waals surface area contributed by atoms with Gasteiger partial charge < -0.3 is 28.9 Å². The summed E-state index contributed by atoms with van der Waals surface area (Å²) in [5.74, 6) is -4.65. The van der Waals surface area contributed by atoms with Crippen LogP contribution in [0.4, 0.5) is 0 Å². The van der Waals surface area contributed by atoms with Crippen molar-refractivity contribution in [2.24, 2.45) is 0 Å². The van der Waals surface area contributed by atoms with Crippen molar-refractivity contribution in [2.75, 3.05) is 6.61 Å². The number of allylic oxidation sites excluding steroid dienone is 3. The number of Topliss-reactive ketones (excluding diaryl/α,β-unsaturated/α-hetero) is 4. The first-order chi connectivity index (χ1) is 22.7. The van der Waals surface area contributed by atoms with Gasteiger partial charge in [-0.3, -0.25) is 28.8 Å². The first kappa shape index (κ1) is 31.7. The molecule has 0 saturated carbocycles. The van der Waals surface area contributed by atoms with Gasteiger partial charge in [0.25, 0.3) is 0 Å². The maximum absolute atomic E-state index is 13.3. The van der Waals surface area contributed by atoms with E-state index in [1.54, 1.807) is 13.0 Å². The summed E-state index contributed by atoms with van der Waals surface area (Å²) in [4.78, 5) is 73.9. The zero-order valence-electron chi connectivity index (χ0n) is 25.8. The van der Waals surface area contributed by atoms with Gasteiger partial charge in [0.05, 0.1) is 10.4 Å². The van der Waals surface area contributed by atoms with Crippen molar-refractivity contribution in [3.05, 3.63) is 88.3 Å². The molecule has 48 heavy (non-hydrogen) atoms. The standard InChI is InChI=1S/C36H26O12/c1-15(2)4-6-18-26(13-30-32(34(18)43)36(45)20-9-23(39)25(41)12-28(20)48-30)46-14-16(3)5-7-17-21(37)10-29-31(33(17)42)35(44)19-8-22(38)24(40)11-27(19)47-29/h4-5,8-13,37,42-43H,6-7,14H2,1-3H3. The average molecular weight is 651 g/mol. The lowest BCUT2D eigenvalue weighted by Crippen LogP contribution is -2.43. The van der Waals surface area contributed by atoms with Gasteiger partial charge in [-0.25, -0.2) is 0 Å². The molecule has 4 aromatic rings. The molecule has 2 aromatic carbocycles. The molecule has 6 rings (SSSR count). The summed E-state index contributed by atoms with van der Waals surface area (Å²) in [7, 11) is 0. The van der Waals surface area contributed by atoms with Crippen LogP contribution in [0.15, 0.2) is 53.9 Å². The number of aromatic hydroxyl groups is 3. The van der Waals surface area contributed by atoms with E-state index >= 15 is 0 Å². The van der Waals surface area contributed by atoms with E-state index in [9.17, 15) is 44.1 Å². The van der Waals surface area contributed by atoms with E-state index in [4.69, 9.17) is 13.6 Å². The molecular weight excluding hydrogens is 624 g/mol. The van der Waals surface area contributed by atoms with Crippen molar-refractivity contribution in [1.82, 2.24) is 0 Å². The van der Waals surface area contributed by atoms with Gasteiger partial charge in [-0.05, 0) is 39.2 Å². The smallest absolute Gasteiger partial charge is 0.229 e. The summed E-state index contributed by atoms with van der Waals surface area (Å²) >= 11 is 0. The van der Waals surface area contributed by atoms with Crippen molar-refractivity contribution in [1.29, 1.82) is 0 Å². The molecule has 0 bridgehead atoms. The quantitative estimate of drug-likeness (QED) is 0.185. The van der Waals surface area contributed by atoms with E-state index in [1.165, 1.54) is 6.07 Å². The molecule has 3 N–H and O–H groups in total. The van der Waals surface area contributed by atoms with Crippen LogP contribution in [0.2, 0.25) is 0 Å². The lowest BCUT2D eigenvalue weighted by molar-refractivity contribution is -0.129. The van der Waals surface area contributed by atoms with Gasteiger partial charge in [0, 0.05) is 47.6 Å². The van der Waals surface area contributed by atoms with Gasteiger partial charge >= 0.3 is 0 Å². The summed E-state index contributed by atoms with van der Waals surface area (Å²) in [5.41, 5.74) is -0.117. The Labute approximate surface area is 268 Å². The van der Waals surface area contributed by atoms with Gasteiger partial charge in [0.2, 0.25) is 34.0 Å². The van der Waals surface area contributed by atoms with Gasteiger partial charge in [-0.15, -0.1) is 0 Å². The van der Waals surface area contributed by atoms with Crippen LogP contribution in [0.25, 0.3) is 46.2 Å². The summed E-state index contributed by atoms with van der Waals surface area (Å²) < 4.78 is 17.3. The van der Waals surface area contributed by atoms with E-state index < -0.39 is 45.5 Å². The molecule has 242 valence electrons. The third kappa shape index (κ3) is 5.42. The first-order valence-electron chi connectivity index (χ1n) is 14.6. The second-order valence-corrected chi connectivity index (χ2v) is 11.7. The molecule has 0 unspecified atom stereocenters. The third-order valence-electron chi connectivity index (χ3n) is 7.97. The maximum Gasteiger partial charge on any atom is 0.229 e. The van der Waals surface area contributed by atoms with Crippen LogP contribution < -0.4 is 36.9 Å². The molecule has 0 fully saturated rings. The molecule has 0 radical (unpaired) electrons. The molecule has 0 saturated heterocycles. The molecule has 12 nitrogen and oxygen atoms in total. The fourth-order valence-corrected chi connectivity index (χ4v) is 5.41. The molecule has 2 aliphatic carbocycles. The predicted octanol–water partition coefficient (Wildman–Crippen LogP) is 0.518. The minimum atomic E-state index is -0.903. The number of ether oxygens (including phenoxy) is 1. The number of phenols is 3. The Morgan fingerprint density at radius 3 is 1.69 bits per heavy atom. The number of ketones is 4. The van der Waals surface area contributed by atoms with E-state index in [2.05, 4.69) is 0 Å². The monoisotopic (exact) mass is 650 g/mol. The zero-order chi connectivity index (χ0) is 34.6. The molecular formula is C36H26O12. The van der Waals surface area contributed by atoms with Crippen molar-refractivity contribution >= 4 is 69.4 Å². The minimum Gasteiger partial charge on any atom is -0.507 e. The van der Waals surface area contributed by atoms with Crippen molar-refractivity contribution < 1.29 is 48.1 Å². The van der Waals surface area contributed by atoms with Crippen molar-refractivity contribution in [3.63, 3.8) is 0 Å². The van der Waals surface area contributed by atoms with Crippen molar-refractivity contribution in [2.45, 2.75) is 33.6 Å². The second-order valence-electron chi connectivity index (χ2n) is 11.7. The molecule has 2 heterocycles. The lowest BCUT2D eigenvalue weighted by atomic mass is 10.0. The Hall–Kier alpha value is -6.30. The Bertz CT molecular complexity index is 2620. The highest BCUT2D eigenvalue weighted by atomic mass is 16.5. The summed E-state index contributed by atoms with van der Waals surface area (Å²) in [5, 5.41) is 32.1. The topological polar surface area (TPSA) is 199 Å². The largest absolute Gasteiger partial charge is 0.507 e. The Kier molecular flexibility index (Phi) is 7.79. The highest BCUT2D eigenvalue weighted by molar-refractivity contribution is 6.58. The molecule has 0 amide bonds. The van der Waals surface area contributed by atoms with Gasteiger partial charge in [-0.2, -0.15) is 0 Å². The Balaban J connectivity index is 1.36. The van der Waals surface area contributed by atoms with Crippen LogP contribution in [-0.2, 0) is 32.0 Å². The fraction of sp³-hybridized carbons (Fsp3) is 0.167. The SMILES string of the molecule is CC(C)=CCc1c(OCC(C)=CCc2c(O)cc3oc4c(c(=O)c3c2O)=CC(=O)C(=O)C=4)cc2oc3c(c(=O)c2c1O)=CC(=O)C(=O)C=3. The summed E-state index contributed by atoms with van der Waals surface area (Å²) in [6.07, 6.45) is 7.13. The first-order valence-corrected chi connectivity index (χ1v) is 14.6. The number of benzene rings is 2. The summed E-state index contributed by atoms with van der Waals surface area (Å²) in [6.45, 7) is 5.36. The van der Waals surface area contributed by atoms with Crippen LogP contribution in [0.5, 0.6) is 23.0 Å². The molecule has 0 atom stereocenters. The third-order valence-corrected chi connectivity index (χ3v) is 7.97. The number of phenolic OH excluding ortho intramolecular Hbond substituents is 3. The fourth-order valence-electron chi connectivity index (χ4n) is 5.41. The highest BCUT2D eigenvalue weighted by Crippen LogP contribution is 2.36. The molecule has 2 aromatic heterocycles. The number of hydrogen-bond donors (Lipinski definition) is 3. The number of hydrogen-bond acceptors (Lipinski definition) is 12. The normalized spacial score (nSPS) is 14.1. The highest BCUT2D eigenvalue weighted by Gasteiger charge is 2.23. The molecule has 0 aliphatic heterocycles. The minimum absolute atomic E-state index is 0.00322. The molecule has 12 heteroatoms. The van der Waals surface area contributed by atoms with Gasteiger partial charge in [-0.1, -0.05) is 17.7 Å². The Morgan fingerprint density at radius 2 is 1.15 bits per heavy atom. The van der Waals surface area contributed by atoms with E-state index in [-0.39, 0.29) is 85.3 Å². The van der Waals surface area contributed by atoms with E-state index in [1.807, 2.05) is 19.9 Å². The lowest BCUT2D eigenvalue weighted by Gasteiger charge is -2.15. The number of carbonyl (C=O) groups excluding carboxylic acids is 4. The number of rotatable bonds is 7. The Morgan fingerprint density at radius 1 is 0.667 bits per heavy atom. The van der Waals surface area contributed by atoms with Crippen molar-refractivity contribution in [3.8, 4) is 23.0 Å². The predicted molar refractivity (Wildman–Crippen MR) is 172 cm³/mol. The van der Waals surface area contributed by atoms with Crippen LogP contribution in [-0.4, -0.2) is 45.1 Å². The van der Waals surface area contributed by atoms with Crippen LogP contribution >= 0.6 is 0 Å². The number of fused-ring (bicyclic) bond motifs is 4. The number of carbonyl (C=O) groups is 4. The second kappa shape index (κ2) is 11.8. The van der Waals surface area contributed by atoms with Gasteiger partial charge in [0.1, 0.15) is 62.4 Å². The molecule has 0 spiro atoms. The molecule has 2 aliphatic rings. The zero-order valence-corrected chi connectivity index (χ0v) is 25.8. The van der Waals surface area contributed by atoms with Crippen LogP contribution in [0, 0.1) is 0 Å².